The molecule has 0 aliphatic heterocycles. The molecule has 1 aromatic rings. The van der Waals surface area contributed by atoms with Crippen molar-refractivity contribution < 1.29 is 9.59 Å². The van der Waals surface area contributed by atoms with Crippen LogP contribution in [0.1, 0.15) is 10.5 Å². The van der Waals surface area contributed by atoms with Crippen molar-refractivity contribution in [2.45, 2.75) is 0 Å². The summed E-state index contributed by atoms with van der Waals surface area (Å²) < 4.78 is 0.758. The first-order valence-corrected chi connectivity index (χ1v) is 3.77. The summed E-state index contributed by atoms with van der Waals surface area (Å²) in [6, 6.07) is 3.10. The molecule has 12 heavy (non-hydrogen) atoms. The van der Waals surface area contributed by atoms with E-state index in [4.69, 9.17) is 0 Å². The summed E-state index contributed by atoms with van der Waals surface area (Å²) >= 11 is 3.15. The van der Waals surface area contributed by atoms with Crippen LogP contribution in [0.25, 0.3) is 0 Å². The molecular formula is C7H3BrN2O2. The van der Waals surface area contributed by atoms with Crippen LogP contribution in [-0.2, 0) is 4.79 Å². The van der Waals surface area contributed by atoms with Crippen molar-refractivity contribution >= 4 is 27.9 Å². The Morgan fingerprint density at radius 3 is 2.83 bits per heavy atom. The second kappa shape index (κ2) is 3.90. The maximum absolute atomic E-state index is 10.8. The fourth-order valence-corrected chi connectivity index (χ4v) is 0.836. The molecule has 0 aliphatic carbocycles. The molecule has 1 rings (SSSR count). The molecule has 0 N–H and O–H groups in total. The van der Waals surface area contributed by atoms with E-state index in [-0.39, 0.29) is 5.69 Å². The Bertz CT molecular complexity index is 341. The van der Waals surface area contributed by atoms with Gasteiger partial charge in [0.2, 0.25) is 6.08 Å². The molecule has 0 bridgehead atoms. The van der Waals surface area contributed by atoms with Crippen molar-refractivity contribution in [2.24, 2.45) is 4.99 Å². The van der Waals surface area contributed by atoms with Gasteiger partial charge in [0, 0.05) is 10.7 Å². The van der Waals surface area contributed by atoms with Crippen molar-refractivity contribution in [1.29, 1.82) is 0 Å². The van der Waals surface area contributed by atoms with E-state index in [9.17, 15) is 9.59 Å². The lowest BCUT2D eigenvalue weighted by molar-refractivity contribution is 0.0998. The molecule has 0 atom stereocenters. The topological polar surface area (TPSA) is 59.4 Å². The lowest BCUT2D eigenvalue weighted by Gasteiger charge is -1.91. The quantitative estimate of drug-likeness (QED) is 0.536. The summed E-state index contributed by atoms with van der Waals surface area (Å²) in [4.78, 5) is 27.2. The molecule has 0 radical (unpaired) electrons. The molecule has 1 aromatic heterocycles. The maximum atomic E-state index is 10.8. The largest absolute Gasteiger partial charge is 0.306 e. The third-order valence-electron chi connectivity index (χ3n) is 1.09. The number of carbonyl (C=O) groups excluding carboxylic acids is 2. The molecule has 0 aromatic carbocycles. The van der Waals surface area contributed by atoms with Crippen LogP contribution in [0, 0.1) is 0 Å². The maximum Gasteiger partial charge on any atom is 0.306 e. The van der Waals surface area contributed by atoms with Gasteiger partial charge in [-0.1, -0.05) is 0 Å². The van der Waals surface area contributed by atoms with E-state index in [1.807, 2.05) is 0 Å². The molecule has 0 unspecified atom stereocenters. The number of pyridine rings is 1. The Morgan fingerprint density at radius 2 is 2.33 bits per heavy atom. The molecule has 1 heterocycles. The number of aromatic nitrogens is 1. The molecule has 0 saturated heterocycles. The normalized spacial score (nSPS) is 8.75. The summed E-state index contributed by atoms with van der Waals surface area (Å²) in [7, 11) is 0. The summed E-state index contributed by atoms with van der Waals surface area (Å²) in [6.45, 7) is 0. The van der Waals surface area contributed by atoms with Gasteiger partial charge in [-0.3, -0.25) is 4.79 Å². The van der Waals surface area contributed by atoms with Gasteiger partial charge in [-0.05, 0) is 28.1 Å². The number of carbonyl (C=O) groups is 1. The highest BCUT2D eigenvalue weighted by Gasteiger charge is 2.03. The number of hydrogen-bond acceptors (Lipinski definition) is 3. The monoisotopic (exact) mass is 226 g/mol. The van der Waals surface area contributed by atoms with Crippen molar-refractivity contribution in [3.8, 4) is 0 Å². The summed E-state index contributed by atoms with van der Waals surface area (Å²) in [5.74, 6) is -0.683. The van der Waals surface area contributed by atoms with Crippen molar-refractivity contribution in [3.05, 3.63) is 28.5 Å². The van der Waals surface area contributed by atoms with E-state index < -0.39 is 5.91 Å². The predicted molar refractivity (Wildman–Crippen MR) is 44.4 cm³/mol. The number of hydrogen-bond donors (Lipinski definition) is 0. The van der Waals surface area contributed by atoms with Gasteiger partial charge in [-0.15, -0.1) is 4.99 Å². The number of nitrogens with zero attached hydrogens (tertiary/aromatic N) is 2. The summed E-state index contributed by atoms with van der Waals surface area (Å²) in [6.07, 6.45) is 2.61. The van der Waals surface area contributed by atoms with Crippen LogP contribution in [0.15, 0.2) is 27.8 Å². The van der Waals surface area contributed by atoms with Gasteiger partial charge in [0.15, 0.2) is 0 Å². The average Bonchev–Trinajstić information content (AvgIpc) is 2.06. The number of amides is 1. The van der Waals surface area contributed by atoms with E-state index in [1.54, 1.807) is 6.07 Å². The second-order valence-corrected chi connectivity index (χ2v) is 2.79. The van der Waals surface area contributed by atoms with Crippen LogP contribution in [0.3, 0.4) is 0 Å². The number of aliphatic imine (C=N–C) groups is 1. The van der Waals surface area contributed by atoms with Crippen LogP contribution < -0.4 is 0 Å². The molecule has 60 valence electrons. The molecule has 0 aliphatic rings. The molecule has 0 fully saturated rings. The highest BCUT2D eigenvalue weighted by molar-refractivity contribution is 9.10. The third kappa shape index (κ3) is 2.08. The second-order valence-electron chi connectivity index (χ2n) is 1.87. The van der Waals surface area contributed by atoms with E-state index in [0.717, 1.165) is 10.6 Å². The predicted octanol–water partition coefficient (Wildman–Crippen LogP) is 1.32. The highest BCUT2D eigenvalue weighted by atomic mass is 79.9. The van der Waals surface area contributed by atoms with Crippen LogP contribution in [0.4, 0.5) is 0 Å². The Kier molecular flexibility index (Phi) is 2.85. The smallest absolute Gasteiger partial charge is 0.264 e. The molecule has 5 heteroatoms. The Hall–Kier alpha value is -1.32. The summed E-state index contributed by atoms with van der Waals surface area (Å²) in [5.41, 5.74) is 0.126. The molecular weight excluding hydrogens is 224 g/mol. The van der Waals surface area contributed by atoms with Gasteiger partial charge >= 0.3 is 5.91 Å². The number of halogens is 1. The molecule has 0 saturated carbocycles. The van der Waals surface area contributed by atoms with Crippen molar-refractivity contribution in [2.75, 3.05) is 0 Å². The first-order chi connectivity index (χ1) is 5.74. The minimum atomic E-state index is -0.683. The van der Waals surface area contributed by atoms with Gasteiger partial charge in [-0.25, -0.2) is 9.78 Å². The van der Waals surface area contributed by atoms with Crippen LogP contribution in [0.5, 0.6) is 0 Å². The minimum Gasteiger partial charge on any atom is -0.264 e. The zero-order valence-electron chi connectivity index (χ0n) is 5.82. The van der Waals surface area contributed by atoms with E-state index in [0.29, 0.717) is 0 Å². The average molecular weight is 227 g/mol. The lowest BCUT2D eigenvalue weighted by atomic mass is 10.3. The van der Waals surface area contributed by atoms with Crippen LogP contribution >= 0.6 is 15.9 Å². The van der Waals surface area contributed by atoms with Gasteiger partial charge in [0.25, 0.3) is 0 Å². The Labute approximate surface area is 76.5 Å². The Balaban J connectivity index is 2.97. The fourth-order valence-electron chi connectivity index (χ4n) is 0.601. The van der Waals surface area contributed by atoms with Crippen LogP contribution in [-0.4, -0.2) is 17.0 Å². The fraction of sp³-hybridized carbons (Fsp3) is 0. The van der Waals surface area contributed by atoms with Gasteiger partial charge in [-0.2, -0.15) is 0 Å². The van der Waals surface area contributed by atoms with Gasteiger partial charge < -0.3 is 0 Å². The molecule has 0 spiro atoms. The first-order valence-electron chi connectivity index (χ1n) is 2.98. The first kappa shape index (κ1) is 8.77. The SMILES string of the molecule is O=C=NC(=O)c1ccc(Br)cn1. The van der Waals surface area contributed by atoms with Gasteiger partial charge in [0.05, 0.1) is 0 Å². The minimum absolute atomic E-state index is 0.126. The molecule has 4 nitrogen and oxygen atoms in total. The number of rotatable bonds is 1. The zero-order chi connectivity index (χ0) is 8.97. The van der Waals surface area contributed by atoms with E-state index in [2.05, 4.69) is 25.9 Å². The lowest BCUT2D eigenvalue weighted by Crippen LogP contribution is -1.96. The standard InChI is InChI=1S/C7H3BrN2O2/c8-5-1-2-6(9-3-5)7(12)10-4-11/h1-3H. The van der Waals surface area contributed by atoms with Crippen molar-refractivity contribution in [1.82, 2.24) is 4.98 Å². The van der Waals surface area contributed by atoms with Crippen molar-refractivity contribution in [3.63, 3.8) is 0 Å². The third-order valence-corrected chi connectivity index (χ3v) is 1.56. The Morgan fingerprint density at radius 1 is 1.58 bits per heavy atom. The van der Waals surface area contributed by atoms with E-state index >= 15 is 0 Å². The highest BCUT2D eigenvalue weighted by Crippen LogP contribution is 2.07. The van der Waals surface area contributed by atoms with Gasteiger partial charge in [0.1, 0.15) is 5.69 Å². The summed E-state index contributed by atoms with van der Waals surface area (Å²) in [5, 5.41) is 0. The zero-order valence-corrected chi connectivity index (χ0v) is 7.41. The molecule has 1 amide bonds. The van der Waals surface area contributed by atoms with Crippen LogP contribution in [0.2, 0.25) is 0 Å². The number of isocyanates is 1. The van der Waals surface area contributed by atoms with E-state index in [1.165, 1.54) is 12.3 Å².